The topological polar surface area (TPSA) is 121 Å². The van der Waals surface area contributed by atoms with Gasteiger partial charge in [0.1, 0.15) is 11.3 Å². The number of carbonyl (C=O) groups excluding carboxylic acids is 1. The number of benzene rings is 1. The molecule has 1 aliphatic rings. The van der Waals surface area contributed by atoms with Crippen LogP contribution < -0.4 is 10.8 Å². The highest BCUT2D eigenvalue weighted by Gasteiger charge is 2.30. The summed E-state index contributed by atoms with van der Waals surface area (Å²) in [6.45, 7) is 1.89. The number of nitrogens with one attached hydrogen (secondary N) is 1. The Balaban J connectivity index is 1.62. The molecule has 0 spiro atoms. The van der Waals surface area contributed by atoms with Crippen molar-refractivity contribution in [3.8, 4) is 11.5 Å². The lowest BCUT2D eigenvalue weighted by molar-refractivity contribution is -0.117. The first-order valence-corrected chi connectivity index (χ1v) is 9.33. The van der Waals surface area contributed by atoms with E-state index >= 15 is 0 Å². The van der Waals surface area contributed by atoms with Gasteiger partial charge in [-0.05, 0) is 43.4 Å². The third-order valence-corrected chi connectivity index (χ3v) is 5.11. The van der Waals surface area contributed by atoms with E-state index in [-0.39, 0.29) is 11.8 Å². The summed E-state index contributed by atoms with van der Waals surface area (Å²) in [5.74, 6) is 0.899. The molecule has 0 bridgehead atoms. The molecule has 0 unspecified atom stereocenters. The van der Waals surface area contributed by atoms with E-state index in [4.69, 9.17) is 4.42 Å². The average molecular weight is 388 g/mol. The predicted octanol–water partition coefficient (Wildman–Crippen LogP) is 1.77. The smallest absolute Gasteiger partial charge is 0.436 e. The number of nitrogens with zero attached hydrogens (tertiary/aromatic N) is 3. The molecule has 0 radical (unpaired) electrons. The van der Waals surface area contributed by atoms with Crippen LogP contribution in [0.4, 0.5) is 5.82 Å². The SMILES string of the molecule is Cc1ncc(-c2nc3cc(B(O)O)ccc3o2)c2cc(NC(=O)C3CC3)ncc12. The van der Waals surface area contributed by atoms with Gasteiger partial charge in [0, 0.05) is 34.8 Å². The summed E-state index contributed by atoms with van der Waals surface area (Å²) in [6, 6.07) is 6.59. The van der Waals surface area contributed by atoms with E-state index < -0.39 is 7.12 Å². The Kier molecular flexibility index (Phi) is 4.07. The number of pyridine rings is 2. The third kappa shape index (κ3) is 3.24. The number of rotatable bonds is 4. The van der Waals surface area contributed by atoms with Crippen LogP contribution in [0.15, 0.2) is 41.1 Å². The molecule has 5 rings (SSSR count). The first kappa shape index (κ1) is 17.8. The third-order valence-electron chi connectivity index (χ3n) is 5.11. The molecular formula is C20H17BN4O4. The zero-order valence-electron chi connectivity index (χ0n) is 15.6. The Hall–Kier alpha value is -3.30. The molecule has 9 heteroatoms. The van der Waals surface area contributed by atoms with Crippen LogP contribution in [0.25, 0.3) is 33.3 Å². The highest BCUT2D eigenvalue weighted by Crippen LogP contribution is 2.33. The predicted molar refractivity (Wildman–Crippen MR) is 108 cm³/mol. The van der Waals surface area contributed by atoms with Crippen LogP contribution in [-0.4, -0.2) is 38.0 Å². The molecule has 8 nitrogen and oxygen atoms in total. The summed E-state index contributed by atoms with van der Waals surface area (Å²) >= 11 is 0. The second kappa shape index (κ2) is 6.65. The van der Waals surface area contributed by atoms with Crippen molar-refractivity contribution in [1.82, 2.24) is 15.0 Å². The molecule has 3 aromatic heterocycles. The number of aromatic nitrogens is 3. The number of oxazole rings is 1. The molecule has 1 aromatic carbocycles. The van der Waals surface area contributed by atoms with Crippen LogP contribution in [0.3, 0.4) is 0 Å². The van der Waals surface area contributed by atoms with Crippen LogP contribution in [0.1, 0.15) is 18.5 Å². The lowest BCUT2D eigenvalue weighted by atomic mass is 9.80. The van der Waals surface area contributed by atoms with Gasteiger partial charge in [0.15, 0.2) is 5.58 Å². The zero-order valence-corrected chi connectivity index (χ0v) is 15.6. The van der Waals surface area contributed by atoms with E-state index in [2.05, 4.69) is 20.3 Å². The normalized spacial score (nSPS) is 13.8. The maximum Gasteiger partial charge on any atom is 0.488 e. The quantitative estimate of drug-likeness (QED) is 0.456. The summed E-state index contributed by atoms with van der Waals surface area (Å²) in [5, 5.41) is 23.3. The maximum atomic E-state index is 12.1. The van der Waals surface area contributed by atoms with Crippen molar-refractivity contribution >= 4 is 46.2 Å². The monoisotopic (exact) mass is 388 g/mol. The number of hydrogen-bond donors (Lipinski definition) is 3. The van der Waals surface area contributed by atoms with E-state index in [0.717, 1.165) is 29.3 Å². The summed E-state index contributed by atoms with van der Waals surface area (Å²) in [7, 11) is -1.58. The number of carbonyl (C=O) groups is 1. The van der Waals surface area contributed by atoms with Gasteiger partial charge >= 0.3 is 7.12 Å². The van der Waals surface area contributed by atoms with Gasteiger partial charge in [0.2, 0.25) is 11.8 Å². The molecule has 4 aromatic rings. The van der Waals surface area contributed by atoms with Crippen molar-refractivity contribution in [2.24, 2.45) is 5.92 Å². The van der Waals surface area contributed by atoms with E-state index in [9.17, 15) is 14.8 Å². The second-order valence-corrected chi connectivity index (χ2v) is 7.26. The van der Waals surface area contributed by atoms with Crippen molar-refractivity contribution < 1.29 is 19.3 Å². The van der Waals surface area contributed by atoms with Crippen molar-refractivity contribution in [2.45, 2.75) is 19.8 Å². The maximum absolute atomic E-state index is 12.1. The van der Waals surface area contributed by atoms with Gasteiger partial charge in [-0.2, -0.15) is 0 Å². The van der Waals surface area contributed by atoms with Crippen LogP contribution >= 0.6 is 0 Å². The molecule has 0 atom stereocenters. The minimum Gasteiger partial charge on any atom is -0.436 e. The van der Waals surface area contributed by atoms with E-state index in [1.165, 1.54) is 0 Å². The number of anilines is 1. The van der Waals surface area contributed by atoms with Gasteiger partial charge in [-0.25, -0.2) is 9.97 Å². The molecule has 144 valence electrons. The van der Waals surface area contributed by atoms with Crippen LogP contribution in [0, 0.1) is 12.8 Å². The minimum absolute atomic E-state index is 0.0128. The number of aryl methyl sites for hydroxylation is 1. The largest absolute Gasteiger partial charge is 0.488 e. The lowest BCUT2D eigenvalue weighted by Gasteiger charge is -2.08. The fourth-order valence-electron chi connectivity index (χ4n) is 3.30. The van der Waals surface area contributed by atoms with E-state index in [0.29, 0.717) is 33.8 Å². The minimum atomic E-state index is -1.58. The van der Waals surface area contributed by atoms with Gasteiger partial charge < -0.3 is 19.8 Å². The molecular weight excluding hydrogens is 371 g/mol. The Morgan fingerprint density at radius 3 is 2.76 bits per heavy atom. The van der Waals surface area contributed by atoms with Crippen LogP contribution in [-0.2, 0) is 4.79 Å². The first-order valence-electron chi connectivity index (χ1n) is 9.33. The van der Waals surface area contributed by atoms with Crippen LogP contribution in [0.5, 0.6) is 0 Å². The van der Waals surface area contributed by atoms with Gasteiger partial charge in [0.25, 0.3) is 0 Å². The van der Waals surface area contributed by atoms with Gasteiger partial charge in [-0.15, -0.1) is 0 Å². The molecule has 0 aliphatic heterocycles. The molecule has 1 fully saturated rings. The molecule has 1 saturated carbocycles. The highest BCUT2D eigenvalue weighted by atomic mass is 16.4. The summed E-state index contributed by atoms with van der Waals surface area (Å²) in [4.78, 5) is 25.4. The first-order chi connectivity index (χ1) is 14.0. The Morgan fingerprint density at radius 2 is 2.00 bits per heavy atom. The van der Waals surface area contributed by atoms with Gasteiger partial charge in [0.05, 0.1) is 5.56 Å². The number of hydrogen-bond acceptors (Lipinski definition) is 7. The summed E-state index contributed by atoms with van der Waals surface area (Å²) in [6.07, 6.45) is 5.20. The fraction of sp³-hybridized carbons (Fsp3) is 0.200. The Bertz CT molecular complexity index is 1270. The van der Waals surface area contributed by atoms with Gasteiger partial charge in [-0.1, -0.05) is 6.07 Å². The van der Waals surface area contributed by atoms with Crippen molar-refractivity contribution in [3.05, 3.63) is 42.4 Å². The molecule has 0 saturated heterocycles. The van der Waals surface area contributed by atoms with E-state index in [1.54, 1.807) is 36.7 Å². The Labute approximate surface area is 165 Å². The zero-order chi connectivity index (χ0) is 20.1. The molecule has 1 amide bonds. The van der Waals surface area contributed by atoms with Crippen molar-refractivity contribution in [1.29, 1.82) is 0 Å². The van der Waals surface area contributed by atoms with E-state index in [1.807, 2.05) is 6.92 Å². The van der Waals surface area contributed by atoms with Crippen LogP contribution in [0.2, 0.25) is 0 Å². The summed E-state index contributed by atoms with van der Waals surface area (Å²) < 4.78 is 5.88. The Morgan fingerprint density at radius 1 is 1.17 bits per heavy atom. The molecule has 29 heavy (non-hydrogen) atoms. The highest BCUT2D eigenvalue weighted by molar-refractivity contribution is 6.58. The number of fused-ring (bicyclic) bond motifs is 2. The standard InChI is InChI=1S/C20H17BN4O4/c1-10-14-8-23-18(25-19(26)11-2-3-11)7-13(14)15(9-22-10)20-24-16-6-12(21(27)28)4-5-17(16)29-20/h4-9,11,27-28H,2-3H2,1H3,(H,23,25,26). The van der Waals surface area contributed by atoms with Crippen molar-refractivity contribution in [3.63, 3.8) is 0 Å². The second-order valence-electron chi connectivity index (χ2n) is 7.26. The molecule has 1 aliphatic carbocycles. The summed E-state index contributed by atoms with van der Waals surface area (Å²) in [5.41, 5.74) is 2.83. The fourth-order valence-corrected chi connectivity index (χ4v) is 3.30. The van der Waals surface area contributed by atoms with Gasteiger partial charge in [-0.3, -0.25) is 9.78 Å². The van der Waals surface area contributed by atoms with Crippen molar-refractivity contribution in [2.75, 3.05) is 5.32 Å². The molecule has 3 N–H and O–H groups in total. The lowest BCUT2D eigenvalue weighted by Crippen LogP contribution is -2.29. The average Bonchev–Trinajstić information content (AvgIpc) is 3.47. The molecule has 3 heterocycles. The number of amides is 1.